The Balaban J connectivity index is 2.17. The third-order valence-electron chi connectivity index (χ3n) is 4.72. The van der Waals surface area contributed by atoms with Crippen molar-refractivity contribution in [3.8, 4) is 5.75 Å². The quantitative estimate of drug-likeness (QED) is 0.629. The molecule has 1 N–H and O–H groups in total. The highest BCUT2D eigenvalue weighted by molar-refractivity contribution is 6.37. The van der Waals surface area contributed by atoms with E-state index in [0.717, 1.165) is 16.8 Å². The number of nitrogens with one attached hydrogen (secondary N) is 1. The second-order valence-electron chi connectivity index (χ2n) is 6.33. The van der Waals surface area contributed by atoms with Crippen molar-refractivity contribution in [3.63, 3.8) is 0 Å². The Hall–Kier alpha value is -3.34. The number of hydrogen-bond donors (Lipinski definition) is 1. The molecule has 5 heteroatoms. The summed E-state index contributed by atoms with van der Waals surface area (Å²) < 4.78 is 5.41. The smallest absolute Gasteiger partial charge is 0.278 e. The molecule has 27 heavy (non-hydrogen) atoms. The lowest BCUT2D eigenvalue weighted by molar-refractivity contribution is -0.136. The summed E-state index contributed by atoms with van der Waals surface area (Å²) in [6.07, 6.45) is 1.54. The Bertz CT molecular complexity index is 960. The minimum Gasteiger partial charge on any atom is -0.496 e. The second-order valence-corrected chi connectivity index (χ2v) is 6.33. The first-order valence-electron chi connectivity index (χ1n) is 8.67. The molecule has 0 unspecified atom stereocenters. The molecule has 2 aromatic carbocycles. The number of methoxy groups -OCH3 is 1. The van der Waals surface area contributed by atoms with E-state index in [1.54, 1.807) is 19.2 Å². The van der Waals surface area contributed by atoms with Gasteiger partial charge in [0, 0.05) is 17.8 Å². The number of imide groups is 1. The lowest BCUT2D eigenvalue weighted by Gasteiger charge is -2.14. The minimum absolute atomic E-state index is 0.147. The zero-order valence-corrected chi connectivity index (χ0v) is 15.7. The van der Waals surface area contributed by atoms with Crippen molar-refractivity contribution in [2.75, 3.05) is 19.0 Å². The molecule has 0 aromatic heterocycles. The summed E-state index contributed by atoms with van der Waals surface area (Å²) >= 11 is 0. The number of para-hydroxylation sites is 1. The van der Waals surface area contributed by atoms with Crippen LogP contribution in [0.15, 0.2) is 60.8 Å². The number of carbonyl (C=O) groups excluding carboxylic acids is 2. The van der Waals surface area contributed by atoms with E-state index in [1.807, 2.05) is 44.2 Å². The lowest BCUT2D eigenvalue weighted by Crippen LogP contribution is -2.32. The first-order chi connectivity index (χ1) is 13.0. The average Bonchev–Trinajstić information content (AvgIpc) is 2.90. The van der Waals surface area contributed by atoms with Crippen molar-refractivity contribution in [3.05, 3.63) is 77.5 Å². The van der Waals surface area contributed by atoms with Gasteiger partial charge in [0.1, 0.15) is 11.4 Å². The molecule has 1 aliphatic heterocycles. The molecule has 0 saturated carbocycles. The molecule has 0 spiro atoms. The third kappa shape index (κ3) is 3.24. The highest BCUT2D eigenvalue weighted by Crippen LogP contribution is 2.35. The summed E-state index contributed by atoms with van der Waals surface area (Å²) in [6.45, 7) is 7.77. The maximum absolute atomic E-state index is 13.0. The zero-order valence-electron chi connectivity index (χ0n) is 15.7. The number of amides is 2. The van der Waals surface area contributed by atoms with Crippen molar-refractivity contribution in [1.29, 1.82) is 0 Å². The largest absolute Gasteiger partial charge is 0.496 e. The number of rotatable bonds is 6. The molecule has 0 bridgehead atoms. The average molecular weight is 362 g/mol. The minimum atomic E-state index is -0.373. The van der Waals surface area contributed by atoms with Crippen LogP contribution in [0.25, 0.3) is 5.57 Å². The van der Waals surface area contributed by atoms with E-state index in [1.165, 1.54) is 11.0 Å². The summed E-state index contributed by atoms with van der Waals surface area (Å²) in [5.41, 5.74) is 4.04. The van der Waals surface area contributed by atoms with Crippen LogP contribution in [0.1, 0.15) is 16.7 Å². The number of hydrogen-bond acceptors (Lipinski definition) is 4. The maximum atomic E-state index is 13.0. The fourth-order valence-electron chi connectivity index (χ4n) is 3.11. The van der Waals surface area contributed by atoms with Gasteiger partial charge in [-0.1, -0.05) is 36.4 Å². The summed E-state index contributed by atoms with van der Waals surface area (Å²) in [5, 5.41) is 3.20. The van der Waals surface area contributed by atoms with Gasteiger partial charge < -0.3 is 10.1 Å². The van der Waals surface area contributed by atoms with Gasteiger partial charge in [-0.2, -0.15) is 0 Å². The van der Waals surface area contributed by atoms with Gasteiger partial charge in [-0.3, -0.25) is 14.5 Å². The van der Waals surface area contributed by atoms with E-state index < -0.39 is 0 Å². The predicted octanol–water partition coefficient (Wildman–Crippen LogP) is 3.69. The summed E-state index contributed by atoms with van der Waals surface area (Å²) in [7, 11) is 1.54. The van der Waals surface area contributed by atoms with Crippen LogP contribution in [0, 0.1) is 13.8 Å². The van der Waals surface area contributed by atoms with Crippen LogP contribution in [0.4, 0.5) is 5.69 Å². The molecule has 0 fully saturated rings. The number of benzene rings is 2. The fourth-order valence-corrected chi connectivity index (χ4v) is 3.11. The molecule has 1 aliphatic rings. The van der Waals surface area contributed by atoms with Gasteiger partial charge in [-0.25, -0.2) is 0 Å². The van der Waals surface area contributed by atoms with E-state index in [9.17, 15) is 9.59 Å². The second kappa shape index (κ2) is 7.50. The Labute approximate surface area is 158 Å². The summed E-state index contributed by atoms with van der Waals surface area (Å²) in [4.78, 5) is 27.2. The first-order valence-corrected chi connectivity index (χ1v) is 8.67. The van der Waals surface area contributed by atoms with Gasteiger partial charge in [0.15, 0.2) is 0 Å². The molecule has 0 atom stereocenters. The molecule has 0 aliphatic carbocycles. The van der Waals surface area contributed by atoms with Crippen molar-refractivity contribution in [2.45, 2.75) is 13.8 Å². The Kier molecular flexibility index (Phi) is 5.12. The number of nitrogens with zero attached hydrogens (tertiary/aromatic N) is 1. The highest BCUT2D eigenvalue weighted by Gasteiger charge is 2.39. The summed E-state index contributed by atoms with van der Waals surface area (Å²) in [5.74, 6) is -0.201. The summed E-state index contributed by atoms with van der Waals surface area (Å²) in [6, 6.07) is 13.0. The van der Waals surface area contributed by atoms with Crippen LogP contribution in [-0.2, 0) is 9.59 Å². The normalized spacial score (nSPS) is 14.0. The van der Waals surface area contributed by atoms with Gasteiger partial charge >= 0.3 is 0 Å². The van der Waals surface area contributed by atoms with Gasteiger partial charge in [-0.15, -0.1) is 6.58 Å². The Morgan fingerprint density at radius 2 is 1.81 bits per heavy atom. The molecule has 0 saturated heterocycles. The van der Waals surface area contributed by atoms with Crippen molar-refractivity contribution < 1.29 is 14.3 Å². The Morgan fingerprint density at radius 1 is 1.07 bits per heavy atom. The number of ether oxygens (including phenoxy) is 1. The molecule has 2 amide bonds. The molecule has 2 aromatic rings. The SMILES string of the molecule is C=CCN1C(=O)C(Nc2cccc(C)c2C)=C(c2ccccc2OC)C1=O. The number of anilines is 1. The van der Waals surface area contributed by atoms with Crippen LogP contribution >= 0.6 is 0 Å². The molecule has 138 valence electrons. The first kappa shape index (κ1) is 18.5. The van der Waals surface area contributed by atoms with E-state index in [0.29, 0.717) is 16.9 Å². The molecule has 0 radical (unpaired) electrons. The van der Waals surface area contributed by atoms with Crippen LogP contribution in [0.2, 0.25) is 0 Å². The topological polar surface area (TPSA) is 58.6 Å². The van der Waals surface area contributed by atoms with Gasteiger partial charge in [-0.05, 0) is 37.1 Å². The third-order valence-corrected chi connectivity index (χ3v) is 4.72. The van der Waals surface area contributed by atoms with Crippen LogP contribution in [-0.4, -0.2) is 30.4 Å². The molecule has 5 nitrogen and oxygen atoms in total. The van der Waals surface area contributed by atoms with Crippen LogP contribution in [0.5, 0.6) is 5.75 Å². The van der Waals surface area contributed by atoms with Crippen LogP contribution in [0.3, 0.4) is 0 Å². The van der Waals surface area contributed by atoms with Gasteiger partial charge in [0.25, 0.3) is 11.8 Å². The van der Waals surface area contributed by atoms with E-state index in [-0.39, 0.29) is 24.1 Å². The lowest BCUT2D eigenvalue weighted by atomic mass is 10.0. The number of aryl methyl sites for hydroxylation is 1. The number of carbonyl (C=O) groups is 2. The van der Waals surface area contributed by atoms with E-state index in [4.69, 9.17) is 4.74 Å². The van der Waals surface area contributed by atoms with Crippen LogP contribution < -0.4 is 10.1 Å². The maximum Gasteiger partial charge on any atom is 0.278 e. The van der Waals surface area contributed by atoms with E-state index >= 15 is 0 Å². The molecular weight excluding hydrogens is 340 g/mol. The van der Waals surface area contributed by atoms with Crippen molar-refractivity contribution in [2.24, 2.45) is 0 Å². The fraction of sp³-hybridized carbons (Fsp3) is 0.182. The highest BCUT2D eigenvalue weighted by atomic mass is 16.5. The van der Waals surface area contributed by atoms with E-state index in [2.05, 4.69) is 11.9 Å². The molecule has 3 rings (SSSR count). The predicted molar refractivity (Wildman–Crippen MR) is 106 cm³/mol. The standard InChI is InChI=1S/C22H22N2O3/c1-5-13-24-21(25)19(16-10-6-7-12-18(16)27-4)20(22(24)26)23-17-11-8-9-14(2)15(17)3/h5-12,23H,1,13H2,2-4H3. The monoisotopic (exact) mass is 362 g/mol. The van der Waals surface area contributed by atoms with Crippen molar-refractivity contribution in [1.82, 2.24) is 4.90 Å². The Morgan fingerprint density at radius 3 is 2.52 bits per heavy atom. The van der Waals surface area contributed by atoms with Gasteiger partial charge in [0.2, 0.25) is 0 Å². The molecular formula is C22H22N2O3. The zero-order chi connectivity index (χ0) is 19.6. The molecule has 1 heterocycles. The van der Waals surface area contributed by atoms with Gasteiger partial charge in [0.05, 0.1) is 12.7 Å². The van der Waals surface area contributed by atoms with Crippen molar-refractivity contribution >= 4 is 23.1 Å².